The maximum absolute atomic E-state index is 12.5. The summed E-state index contributed by atoms with van der Waals surface area (Å²) in [6.45, 7) is 2.27. The van der Waals surface area contributed by atoms with Gasteiger partial charge in [0, 0.05) is 7.05 Å². The molecule has 1 saturated heterocycles. The van der Waals surface area contributed by atoms with E-state index in [0.29, 0.717) is 28.1 Å². The number of ether oxygens (including phenoxy) is 1. The first-order chi connectivity index (χ1) is 12.5. The fraction of sp³-hybridized carbons (Fsp3) is 0.158. The number of thioether (sulfide) groups is 1. The van der Waals surface area contributed by atoms with Gasteiger partial charge in [-0.15, -0.1) is 0 Å². The molecule has 3 rings (SSSR count). The molecule has 2 N–H and O–H groups in total. The maximum atomic E-state index is 12.5. The molecule has 26 heavy (non-hydrogen) atoms. The van der Waals surface area contributed by atoms with Crippen LogP contribution in [0.4, 0.5) is 5.69 Å². The van der Waals surface area contributed by atoms with Crippen molar-refractivity contribution >= 4 is 34.6 Å². The number of amidine groups is 1. The Labute approximate surface area is 155 Å². The minimum Gasteiger partial charge on any atom is -0.508 e. The van der Waals surface area contributed by atoms with E-state index in [2.05, 4.69) is 4.99 Å². The van der Waals surface area contributed by atoms with Crippen LogP contribution in [0.15, 0.2) is 52.4 Å². The summed E-state index contributed by atoms with van der Waals surface area (Å²) in [5.41, 5.74) is 1.40. The van der Waals surface area contributed by atoms with Crippen LogP contribution in [0.5, 0.6) is 17.2 Å². The van der Waals surface area contributed by atoms with Crippen molar-refractivity contribution < 1.29 is 19.7 Å². The van der Waals surface area contributed by atoms with Gasteiger partial charge in [0.05, 0.1) is 17.2 Å². The quantitative estimate of drug-likeness (QED) is 0.802. The largest absolute Gasteiger partial charge is 0.508 e. The number of amides is 1. The highest BCUT2D eigenvalue weighted by Gasteiger charge is 2.30. The number of benzene rings is 2. The van der Waals surface area contributed by atoms with Gasteiger partial charge in [-0.05, 0) is 66.7 Å². The average Bonchev–Trinajstić information content (AvgIpc) is 2.88. The molecule has 1 aliphatic rings. The number of likely N-dealkylation sites (N-methyl/N-ethyl adjacent to an activating group) is 1. The molecule has 2 aromatic carbocycles. The highest BCUT2D eigenvalue weighted by molar-refractivity contribution is 8.18. The number of aliphatic imine (C=N–C) groups is 1. The summed E-state index contributed by atoms with van der Waals surface area (Å²) >= 11 is 1.27. The van der Waals surface area contributed by atoms with E-state index in [0.717, 1.165) is 5.56 Å². The zero-order valence-electron chi connectivity index (χ0n) is 14.3. The lowest BCUT2D eigenvalue weighted by atomic mass is 10.2. The van der Waals surface area contributed by atoms with Crippen molar-refractivity contribution in [2.24, 2.45) is 4.99 Å². The van der Waals surface area contributed by atoms with Gasteiger partial charge in [-0.2, -0.15) is 0 Å². The third-order valence-electron chi connectivity index (χ3n) is 3.66. The lowest BCUT2D eigenvalue weighted by Gasteiger charge is -2.07. The van der Waals surface area contributed by atoms with Crippen LogP contribution < -0.4 is 4.74 Å². The second-order valence-electron chi connectivity index (χ2n) is 5.55. The molecule has 0 bridgehead atoms. The van der Waals surface area contributed by atoms with Crippen LogP contribution in [0.3, 0.4) is 0 Å². The SMILES string of the molecule is CCOc1cc(/C=C2\SC(=Nc3ccc(O)cc3)N(C)C2=O)ccc1O. The molecule has 1 fully saturated rings. The minimum absolute atomic E-state index is 0.0612. The second-order valence-corrected chi connectivity index (χ2v) is 6.55. The number of phenolic OH excluding ortho intramolecular Hbond substituents is 2. The predicted molar refractivity (Wildman–Crippen MR) is 103 cm³/mol. The van der Waals surface area contributed by atoms with Gasteiger partial charge in [0.2, 0.25) is 0 Å². The van der Waals surface area contributed by atoms with Crippen molar-refractivity contribution in [3.05, 3.63) is 52.9 Å². The summed E-state index contributed by atoms with van der Waals surface area (Å²) in [4.78, 5) is 18.9. The molecule has 2 aromatic rings. The van der Waals surface area contributed by atoms with Crippen LogP contribution in [0.1, 0.15) is 12.5 Å². The van der Waals surface area contributed by atoms with Gasteiger partial charge in [0.1, 0.15) is 5.75 Å². The molecule has 0 radical (unpaired) electrons. The van der Waals surface area contributed by atoms with Crippen LogP contribution in [-0.4, -0.2) is 39.8 Å². The zero-order valence-corrected chi connectivity index (χ0v) is 15.2. The van der Waals surface area contributed by atoms with Crippen LogP contribution in [0.2, 0.25) is 0 Å². The number of carbonyl (C=O) groups excluding carboxylic acids is 1. The predicted octanol–water partition coefficient (Wildman–Crippen LogP) is 3.73. The van der Waals surface area contributed by atoms with Crippen molar-refractivity contribution in [1.29, 1.82) is 0 Å². The fourth-order valence-electron chi connectivity index (χ4n) is 2.33. The number of phenols is 2. The third kappa shape index (κ3) is 3.83. The molecule has 134 valence electrons. The molecule has 7 heteroatoms. The summed E-state index contributed by atoms with van der Waals surface area (Å²) in [7, 11) is 1.66. The van der Waals surface area contributed by atoms with Gasteiger partial charge in [0.15, 0.2) is 16.7 Å². The standard InChI is InChI=1S/C19H18N2O4S/c1-3-25-16-10-12(4-9-15(16)23)11-17-18(24)21(2)19(26-17)20-13-5-7-14(22)8-6-13/h4-11,22-23H,3H2,1-2H3/b17-11-,20-19?. The highest BCUT2D eigenvalue weighted by Crippen LogP contribution is 2.35. The molecule has 0 aromatic heterocycles. The van der Waals surface area contributed by atoms with Crippen LogP contribution >= 0.6 is 11.8 Å². The van der Waals surface area contributed by atoms with Gasteiger partial charge < -0.3 is 14.9 Å². The van der Waals surface area contributed by atoms with E-state index < -0.39 is 0 Å². The monoisotopic (exact) mass is 370 g/mol. The molecular formula is C19H18N2O4S. The van der Waals surface area contributed by atoms with E-state index in [4.69, 9.17) is 4.74 Å². The lowest BCUT2D eigenvalue weighted by Crippen LogP contribution is -2.23. The van der Waals surface area contributed by atoms with Gasteiger partial charge in [-0.25, -0.2) is 4.99 Å². The van der Waals surface area contributed by atoms with Crippen LogP contribution in [-0.2, 0) is 4.79 Å². The van der Waals surface area contributed by atoms with E-state index in [1.807, 2.05) is 6.92 Å². The molecule has 0 atom stereocenters. The summed E-state index contributed by atoms with van der Waals surface area (Å²) < 4.78 is 5.37. The van der Waals surface area contributed by atoms with E-state index >= 15 is 0 Å². The topological polar surface area (TPSA) is 82.4 Å². The summed E-state index contributed by atoms with van der Waals surface area (Å²) in [5, 5.41) is 19.7. The molecular weight excluding hydrogens is 352 g/mol. The molecule has 0 unspecified atom stereocenters. The summed E-state index contributed by atoms with van der Waals surface area (Å²) in [5.74, 6) is 0.448. The van der Waals surface area contributed by atoms with Crippen molar-refractivity contribution in [2.45, 2.75) is 6.92 Å². The van der Waals surface area contributed by atoms with Crippen molar-refractivity contribution in [3.63, 3.8) is 0 Å². The van der Waals surface area contributed by atoms with E-state index in [-0.39, 0.29) is 17.4 Å². The number of hydrogen-bond acceptors (Lipinski definition) is 6. The molecule has 6 nitrogen and oxygen atoms in total. The highest BCUT2D eigenvalue weighted by atomic mass is 32.2. The number of carbonyl (C=O) groups is 1. The Balaban J connectivity index is 1.87. The first-order valence-electron chi connectivity index (χ1n) is 7.99. The first kappa shape index (κ1) is 17.9. The van der Waals surface area contributed by atoms with Crippen LogP contribution in [0.25, 0.3) is 6.08 Å². The van der Waals surface area contributed by atoms with Crippen molar-refractivity contribution in [1.82, 2.24) is 4.90 Å². The number of nitrogens with zero attached hydrogens (tertiary/aromatic N) is 2. The zero-order chi connectivity index (χ0) is 18.7. The van der Waals surface area contributed by atoms with Crippen molar-refractivity contribution in [2.75, 3.05) is 13.7 Å². The third-order valence-corrected chi connectivity index (χ3v) is 4.72. The van der Waals surface area contributed by atoms with Crippen LogP contribution in [0, 0.1) is 0 Å². The van der Waals surface area contributed by atoms with E-state index in [1.165, 1.54) is 22.7 Å². The Morgan fingerprint density at radius 2 is 1.92 bits per heavy atom. The summed E-state index contributed by atoms with van der Waals surface area (Å²) in [6.07, 6.45) is 1.74. The Morgan fingerprint density at radius 3 is 2.62 bits per heavy atom. The Kier molecular flexibility index (Phi) is 5.18. The first-order valence-corrected chi connectivity index (χ1v) is 8.80. The maximum Gasteiger partial charge on any atom is 0.266 e. The normalized spacial score (nSPS) is 17.3. The van der Waals surface area contributed by atoms with E-state index in [9.17, 15) is 15.0 Å². The van der Waals surface area contributed by atoms with Crippen molar-refractivity contribution in [3.8, 4) is 17.2 Å². The Morgan fingerprint density at radius 1 is 1.19 bits per heavy atom. The number of rotatable bonds is 4. The molecule has 0 spiro atoms. The average molecular weight is 370 g/mol. The van der Waals surface area contributed by atoms with Gasteiger partial charge >= 0.3 is 0 Å². The second kappa shape index (κ2) is 7.53. The Hall–Kier alpha value is -2.93. The number of aromatic hydroxyl groups is 2. The fourth-order valence-corrected chi connectivity index (χ4v) is 3.32. The molecule has 0 saturated carbocycles. The molecule has 1 amide bonds. The van der Waals surface area contributed by atoms with Gasteiger partial charge in [0.25, 0.3) is 5.91 Å². The smallest absolute Gasteiger partial charge is 0.266 e. The molecule has 0 aliphatic carbocycles. The van der Waals surface area contributed by atoms with Gasteiger partial charge in [-0.1, -0.05) is 6.07 Å². The molecule has 1 heterocycles. The lowest BCUT2D eigenvalue weighted by molar-refractivity contribution is -0.121. The van der Waals surface area contributed by atoms with E-state index in [1.54, 1.807) is 49.5 Å². The minimum atomic E-state index is -0.154. The molecule has 1 aliphatic heterocycles. The summed E-state index contributed by atoms with van der Waals surface area (Å²) in [6, 6.07) is 11.4. The van der Waals surface area contributed by atoms with Gasteiger partial charge in [-0.3, -0.25) is 9.69 Å². The Bertz CT molecular complexity index is 891. The number of hydrogen-bond donors (Lipinski definition) is 2.